The van der Waals surface area contributed by atoms with Gasteiger partial charge < -0.3 is 32.2 Å². The monoisotopic (exact) mass is 489 g/mol. The number of nitrogens with two attached hydrogens (primary N) is 3. The Morgan fingerprint density at radius 3 is 2.51 bits per heavy atom. The number of allylic oxidation sites excluding steroid dienone is 7. The van der Waals surface area contributed by atoms with Crippen LogP contribution in [0.25, 0.3) is 0 Å². The molecule has 1 rings (SSSR count). The Hall–Kier alpha value is -2.03. The van der Waals surface area contributed by atoms with Gasteiger partial charge in [-0.05, 0) is 39.5 Å². The summed E-state index contributed by atoms with van der Waals surface area (Å²) >= 11 is 0. The van der Waals surface area contributed by atoms with Gasteiger partial charge in [0, 0.05) is 30.8 Å². The van der Waals surface area contributed by atoms with Gasteiger partial charge in [-0.3, -0.25) is 4.79 Å². The van der Waals surface area contributed by atoms with Gasteiger partial charge in [0.05, 0.1) is 24.4 Å². The number of rotatable bonds is 13. The van der Waals surface area contributed by atoms with E-state index in [0.717, 1.165) is 12.0 Å². The van der Waals surface area contributed by atoms with Gasteiger partial charge in [0.15, 0.2) is 0 Å². The molecule has 0 aliphatic carbocycles. The van der Waals surface area contributed by atoms with Crippen LogP contribution in [0.3, 0.4) is 0 Å². The Labute approximate surface area is 211 Å². The predicted octanol–water partition coefficient (Wildman–Crippen LogP) is 3.03. The summed E-state index contributed by atoms with van der Waals surface area (Å²) in [5.41, 5.74) is 19.5. The van der Waals surface area contributed by atoms with Crippen molar-refractivity contribution in [3.05, 3.63) is 59.8 Å². The topological polar surface area (TPSA) is 145 Å². The van der Waals surface area contributed by atoms with Crippen LogP contribution in [-0.4, -0.2) is 52.6 Å². The quantitative estimate of drug-likeness (QED) is 0.199. The molecule has 35 heavy (non-hydrogen) atoms. The third kappa shape index (κ3) is 12.5. The summed E-state index contributed by atoms with van der Waals surface area (Å²) in [7, 11) is 0. The van der Waals surface area contributed by atoms with E-state index in [0.29, 0.717) is 18.8 Å². The molecule has 0 saturated carbocycles. The number of aliphatic hydroxyl groups excluding tert-OH is 2. The van der Waals surface area contributed by atoms with Gasteiger partial charge in [-0.2, -0.15) is 0 Å². The third-order valence-electron chi connectivity index (χ3n) is 6.24. The lowest BCUT2D eigenvalue weighted by Gasteiger charge is -2.38. The summed E-state index contributed by atoms with van der Waals surface area (Å²) in [5.74, 6) is -0.101. The van der Waals surface area contributed by atoms with Crippen LogP contribution in [0, 0.1) is 11.8 Å². The Morgan fingerprint density at radius 1 is 1.20 bits per heavy atom. The summed E-state index contributed by atoms with van der Waals surface area (Å²) in [6.07, 6.45) is 15.9. The van der Waals surface area contributed by atoms with Crippen molar-refractivity contribution in [2.45, 2.75) is 96.8 Å². The van der Waals surface area contributed by atoms with Crippen molar-refractivity contribution in [1.82, 2.24) is 0 Å². The molecule has 0 aromatic rings. The van der Waals surface area contributed by atoms with Crippen LogP contribution >= 0.6 is 0 Å². The molecule has 1 amide bonds. The molecule has 0 bridgehead atoms. The van der Waals surface area contributed by atoms with Crippen LogP contribution in [-0.2, 0) is 9.53 Å². The number of aliphatic hydroxyl groups is 2. The van der Waals surface area contributed by atoms with E-state index in [9.17, 15) is 15.0 Å². The number of amides is 1. The normalized spacial score (nSPS) is 28.0. The van der Waals surface area contributed by atoms with E-state index < -0.39 is 24.2 Å². The fraction of sp³-hybridized carbons (Fsp3) is 0.607. The molecule has 7 heteroatoms. The average Bonchev–Trinajstić information content (AvgIpc) is 2.74. The minimum Gasteiger partial charge on any atom is -0.393 e. The van der Waals surface area contributed by atoms with Crippen LogP contribution in [0.5, 0.6) is 0 Å². The van der Waals surface area contributed by atoms with Gasteiger partial charge in [0.25, 0.3) is 0 Å². The fourth-order valence-electron chi connectivity index (χ4n) is 4.32. The Kier molecular flexibility index (Phi) is 14.0. The third-order valence-corrected chi connectivity index (χ3v) is 6.24. The van der Waals surface area contributed by atoms with E-state index >= 15 is 0 Å². The SMILES string of the molecule is C/C=C/[C@@H]1O[C@H]([C@@H](N)/C=C/C=C(\C)C[C@@H](C)/C=C(C)\C=C\[C@H](O)C[C@H](N)CC(N)=O)C[C@H](O)[C@@H]1C. The number of primary amides is 1. The molecule has 0 unspecified atom stereocenters. The minimum absolute atomic E-state index is 0.0521. The first-order valence-corrected chi connectivity index (χ1v) is 12.6. The first-order chi connectivity index (χ1) is 16.4. The highest BCUT2D eigenvalue weighted by molar-refractivity contribution is 5.74. The van der Waals surface area contributed by atoms with Crippen molar-refractivity contribution < 1.29 is 19.7 Å². The second-order valence-corrected chi connectivity index (χ2v) is 9.99. The predicted molar refractivity (Wildman–Crippen MR) is 143 cm³/mol. The van der Waals surface area contributed by atoms with Crippen molar-refractivity contribution in [3.8, 4) is 0 Å². The Morgan fingerprint density at radius 2 is 1.89 bits per heavy atom. The molecule has 1 aliphatic rings. The molecule has 0 radical (unpaired) electrons. The van der Waals surface area contributed by atoms with Gasteiger partial charge in [0.2, 0.25) is 5.91 Å². The van der Waals surface area contributed by atoms with Crippen LogP contribution in [0.15, 0.2) is 59.8 Å². The number of carbonyl (C=O) groups excluding carboxylic acids is 1. The Bertz CT molecular complexity index is 802. The molecule has 8 atom stereocenters. The smallest absolute Gasteiger partial charge is 0.218 e. The molecule has 0 spiro atoms. The van der Waals surface area contributed by atoms with E-state index in [1.807, 2.05) is 51.2 Å². The zero-order chi connectivity index (χ0) is 26.5. The van der Waals surface area contributed by atoms with E-state index in [1.165, 1.54) is 5.57 Å². The average molecular weight is 490 g/mol. The molecule has 8 N–H and O–H groups in total. The van der Waals surface area contributed by atoms with E-state index in [2.05, 4.69) is 26.0 Å². The maximum absolute atomic E-state index is 10.9. The molecule has 1 heterocycles. The standard InChI is InChI=1S/C28H47N3O4/c1-6-8-26-21(5)25(33)17-27(35-26)24(30)10-7-9-18(2)13-20(4)14-19(3)11-12-23(32)15-22(29)16-28(31)34/h6-12,14,20-27,32-33H,13,15-17,29-30H2,1-5H3,(H2,31,34)/b8-6+,10-7+,12-11+,18-9+,19-14-/t20-,21+,22+,23+,24+,25+,26+,27+/m1/s1. The van der Waals surface area contributed by atoms with Crippen LogP contribution in [0.1, 0.15) is 60.3 Å². The molecule has 0 aromatic heterocycles. The number of hydrogen-bond acceptors (Lipinski definition) is 6. The number of ether oxygens (including phenoxy) is 1. The van der Waals surface area contributed by atoms with Crippen LogP contribution in [0.2, 0.25) is 0 Å². The molecule has 7 nitrogen and oxygen atoms in total. The molecule has 1 fully saturated rings. The summed E-state index contributed by atoms with van der Waals surface area (Å²) in [4.78, 5) is 10.9. The van der Waals surface area contributed by atoms with Crippen LogP contribution < -0.4 is 17.2 Å². The highest BCUT2D eigenvalue weighted by Crippen LogP contribution is 2.27. The van der Waals surface area contributed by atoms with Crippen molar-refractivity contribution in [1.29, 1.82) is 0 Å². The van der Waals surface area contributed by atoms with Crippen molar-refractivity contribution >= 4 is 5.91 Å². The zero-order valence-corrected chi connectivity index (χ0v) is 22.0. The Balaban J connectivity index is 2.57. The highest BCUT2D eigenvalue weighted by Gasteiger charge is 2.35. The molecule has 1 saturated heterocycles. The summed E-state index contributed by atoms with van der Waals surface area (Å²) in [6.45, 7) is 10.2. The van der Waals surface area contributed by atoms with Crippen molar-refractivity contribution in [2.75, 3.05) is 0 Å². The lowest BCUT2D eigenvalue weighted by atomic mass is 9.88. The molecular formula is C28H47N3O4. The lowest BCUT2D eigenvalue weighted by Crippen LogP contribution is -2.48. The van der Waals surface area contributed by atoms with Gasteiger partial charge in [-0.15, -0.1) is 0 Å². The van der Waals surface area contributed by atoms with Crippen LogP contribution in [0.4, 0.5) is 0 Å². The zero-order valence-electron chi connectivity index (χ0n) is 22.0. The lowest BCUT2D eigenvalue weighted by molar-refractivity contribution is -0.118. The minimum atomic E-state index is -0.718. The summed E-state index contributed by atoms with van der Waals surface area (Å²) in [5, 5.41) is 20.4. The fourth-order valence-corrected chi connectivity index (χ4v) is 4.32. The van der Waals surface area contributed by atoms with E-state index in [1.54, 1.807) is 6.08 Å². The highest BCUT2D eigenvalue weighted by atomic mass is 16.5. The summed E-state index contributed by atoms with van der Waals surface area (Å²) < 4.78 is 6.11. The van der Waals surface area contributed by atoms with Gasteiger partial charge in [-0.1, -0.05) is 73.6 Å². The maximum Gasteiger partial charge on any atom is 0.218 e. The number of carbonyl (C=O) groups is 1. The van der Waals surface area contributed by atoms with E-state index in [-0.39, 0.29) is 30.6 Å². The largest absolute Gasteiger partial charge is 0.393 e. The van der Waals surface area contributed by atoms with Gasteiger partial charge in [0.1, 0.15) is 0 Å². The van der Waals surface area contributed by atoms with Gasteiger partial charge >= 0.3 is 0 Å². The van der Waals surface area contributed by atoms with Gasteiger partial charge in [-0.25, -0.2) is 0 Å². The second-order valence-electron chi connectivity index (χ2n) is 9.99. The van der Waals surface area contributed by atoms with Crippen molar-refractivity contribution in [2.24, 2.45) is 29.0 Å². The number of hydrogen-bond donors (Lipinski definition) is 5. The molecule has 1 aliphatic heterocycles. The van der Waals surface area contributed by atoms with Crippen molar-refractivity contribution in [3.63, 3.8) is 0 Å². The molecular weight excluding hydrogens is 442 g/mol. The molecule has 198 valence electrons. The maximum atomic E-state index is 10.9. The second kappa shape index (κ2) is 15.9. The van der Waals surface area contributed by atoms with E-state index in [4.69, 9.17) is 21.9 Å². The molecule has 0 aromatic carbocycles. The first-order valence-electron chi connectivity index (χ1n) is 12.6. The first kappa shape index (κ1) is 31.0. The summed E-state index contributed by atoms with van der Waals surface area (Å²) in [6, 6.07) is -0.738.